The Balaban J connectivity index is 1.25. The van der Waals surface area contributed by atoms with E-state index in [1.165, 1.54) is 23.1 Å². The van der Waals surface area contributed by atoms with E-state index in [2.05, 4.69) is 51.2 Å². The minimum atomic E-state index is -0.402. The summed E-state index contributed by atoms with van der Waals surface area (Å²) in [6.07, 6.45) is 7.36. The van der Waals surface area contributed by atoms with Gasteiger partial charge < -0.3 is 20.9 Å². The molecule has 1 fully saturated rings. The van der Waals surface area contributed by atoms with Gasteiger partial charge in [-0.2, -0.15) is 4.99 Å². The fraction of sp³-hybridized carbons (Fsp3) is 0.481. The number of nitrogens with two attached hydrogens (primary N) is 2. The van der Waals surface area contributed by atoms with E-state index in [4.69, 9.17) is 25.9 Å². The van der Waals surface area contributed by atoms with E-state index in [-0.39, 0.29) is 5.96 Å². The third-order valence-electron chi connectivity index (χ3n) is 7.56. The molecule has 2 heterocycles. The maximum absolute atomic E-state index is 6.37. The zero-order valence-electron chi connectivity index (χ0n) is 20.8. The number of hydrogen-bond donors (Lipinski definition) is 2. The van der Waals surface area contributed by atoms with E-state index >= 15 is 0 Å². The zero-order valence-corrected chi connectivity index (χ0v) is 20.8. The summed E-state index contributed by atoms with van der Waals surface area (Å²) in [6, 6.07) is 12.9. The summed E-state index contributed by atoms with van der Waals surface area (Å²) in [7, 11) is 3.38. The molecule has 2 aromatic rings. The van der Waals surface area contributed by atoms with E-state index in [1.807, 2.05) is 0 Å². The largest absolute Gasteiger partial charge is 0.493 e. The Bertz CT molecular complexity index is 1120. The second-order valence-corrected chi connectivity index (χ2v) is 9.74. The topological polar surface area (TPSA) is 102 Å². The quantitative estimate of drug-likeness (QED) is 0.663. The molecule has 1 saturated carbocycles. The Morgan fingerprint density at radius 3 is 2.31 bits per heavy atom. The monoisotopic (exact) mass is 476 g/mol. The third kappa shape index (κ3) is 4.67. The van der Waals surface area contributed by atoms with Gasteiger partial charge in [0.05, 0.1) is 14.2 Å². The fourth-order valence-corrected chi connectivity index (χ4v) is 5.73. The van der Waals surface area contributed by atoms with Gasteiger partial charge in [0.1, 0.15) is 5.66 Å². The molecular weight excluding hydrogens is 440 g/mol. The highest BCUT2D eigenvalue weighted by molar-refractivity contribution is 6.05. The molecule has 2 aliphatic heterocycles. The van der Waals surface area contributed by atoms with Gasteiger partial charge in [-0.1, -0.05) is 18.6 Å². The van der Waals surface area contributed by atoms with Crippen molar-refractivity contribution in [3.63, 3.8) is 0 Å². The predicted molar refractivity (Wildman–Crippen MR) is 140 cm³/mol. The molecule has 8 heteroatoms. The van der Waals surface area contributed by atoms with Crippen LogP contribution in [-0.2, 0) is 19.4 Å². The van der Waals surface area contributed by atoms with Crippen molar-refractivity contribution in [2.24, 2.45) is 21.5 Å². The van der Waals surface area contributed by atoms with E-state index in [0.717, 1.165) is 75.3 Å². The second-order valence-electron chi connectivity index (χ2n) is 9.74. The highest BCUT2D eigenvalue weighted by Gasteiger charge is 2.42. The average molecular weight is 477 g/mol. The molecule has 0 unspecified atom stereocenters. The minimum Gasteiger partial charge on any atom is -0.493 e. The summed E-state index contributed by atoms with van der Waals surface area (Å²) in [4.78, 5) is 13.6. The number of methoxy groups -OCH3 is 2. The molecule has 0 bridgehead atoms. The van der Waals surface area contributed by atoms with Crippen LogP contribution in [0, 0.1) is 0 Å². The van der Waals surface area contributed by atoms with Gasteiger partial charge in [-0.05, 0) is 79.5 Å². The summed E-state index contributed by atoms with van der Waals surface area (Å²) in [5, 5.41) is 0. The normalized spacial score (nSPS) is 19.7. The number of ether oxygens (including phenoxy) is 2. The van der Waals surface area contributed by atoms with Gasteiger partial charge >= 0.3 is 0 Å². The maximum atomic E-state index is 6.37. The predicted octanol–water partition coefficient (Wildman–Crippen LogP) is 3.41. The molecule has 0 aromatic heterocycles. The number of guanidine groups is 2. The number of fused-ring (bicyclic) bond motifs is 1. The summed E-state index contributed by atoms with van der Waals surface area (Å²) in [5.41, 5.74) is 17.0. The first kappa shape index (κ1) is 23.5. The van der Waals surface area contributed by atoms with Crippen LogP contribution in [0.4, 0.5) is 5.69 Å². The van der Waals surface area contributed by atoms with Gasteiger partial charge in [0.2, 0.25) is 11.9 Å². The summed E-state index contributed by atoms with van der Waals surface area (Å²) >= 11 is 0. The number of benzene rings is 2. The van der Waals surface area contributed by atoms with Gasteiger partial charge in [-0.3, -0.25) is 9.80 Å². The molecule has 1 spiro atoms. The first-order valence-corrected chi connectivity index (χ1v) is 12.6. The molecule has 0 radical (unpaired) electrons. The summed E-state index contributed by atoms with van der Waals surface area (Å²) in [6.45, 7) is 2.98. The number of anilines is 1. The highest BCUT2D eigenvalue weighted by Crippen LogP contribution is 2.39. The van der Waals surface area contributed by atoms with Gasteiger partial charge in [0.25, 0.3) is 0 Å². The Morgan fingerprint density at radius 1 is 0.943 bits per heavy atom. The van der Waals surface area contributed by atoms with E-state index < -0.39 is 5.66 Å². The van der Waals surface area contributed by atoms with Crippen LogP contribution in [-0.4, -0.2) is 49.8 Å². The minimum absolute atomic E-state index is 0.288. The molecule has 4 N–H and O–H groups in total. The van der Waals surface area contributed by atoms with Gasteiger partial charge in [-0.15, -0.1) is 0 Å². The molecule has 0 atom stereocenters. The SMILES string of the molecule is COc1cc2c(cc1OC)CN(CCc1ccc(N3C(N)=NC(N)=NC34CCCCC4)cc1)CC2. The lowest BCUT2D eigenvalue weighted by Crippen LogP contribution is -2.58. The Morgan fingerprint density at radius 2 is 1.63 bits per heavy atom. The number of nitrogens with zero attached hydrogens (tertiary/aromatic N) is 4. The molecule has 8 nitrogen and oxygen atoms in total. The third-order valence-corrected chi connectivity index (χ3v) is 7.56. The molecular formula is C27H36N6O2. The number of rotatable bonds is 6. The van der Waals surface area contributed by atoms with Gasteiger partial charge in [0, 0.05) is 25.3 Å². The van der Waals surface area contributed by atoms with Gasteiger partial charge in [0.15, 0.2) is 11.5 Å². The van der Waals surface area contributed by atoms with Crippen molar-refractivity contribution in [1.82, 2.24) is 4.90 Å². The first-order chi connectivity index (χ1) is 17.0. The zero-order chi connectivity index (χ0) is 24.4. The molecule has 1 aliphatic carbocycles. The van der Waals surface area contributed by atoms with Crippen LogP contribution < -0.4 is 25.8 Å². The second kappa shape index (κ2) is 9.77. The summed E-state index contributed by atoms with van der Waals surface area (Å²) < 4.78 is 11.0. The van der Waals surface area contributed by atoms with Crippen molar-refractivity contribution in [1.29, 1.82) is 0 Å². The molecule has 0 amide bonds. The smallest absolute Gasteiger partial charge is 0.220 e. The van der Waals surface area contributed by atoms with E-state index in [0.29, 0.717) is 5.96 Å². The molecule has 3 aliphatic rings. The van der Waals surface area contributed by atoms with E-state index in [1.54, 1.807) is 14.2 Å². The first-order valence-electron chi connectivity index (χ1n) is 12.6. The molecule has 0 saturated heterocycles. The van der Waals surface area contributed by atoms with Crippen molar-refractivity contribution in [2.45, 2.75) is 57.2 Å². The van der Waals surface area contributed by atoms with Crippen molar-refractivity contribution in [2.75, 3.05) is 32.2 Å². The van der Waals surface area contributed by atoms with Crippen molar-refractivity contribution in [3.05, 3.63) is 53.1 Å². The van der Waals surface area contributed by atoms with Crippen LogP contribution in [0.2, 0.25) is 0 Å². The van der Waals surface area contributed by atoms with Crippen LogP contribution in [0.1, 0.15) is 48.8 Å². The standard InChI is InChI=1S/C27H36N6O2/c1-34-23-16-20-11-15-32(18-21(20)17-24(23)35-2)14-10-19-6-8-22(9-7-19)33-26(29)30-25(28)31-27(33)12-4-3-5-13-27/h6-9,16-17H,3-5,10-15,18H2,1-2H3,(H4,28,29,30,31). The van der Waals surface area contributed by atoms with Crippen molar-refractivity contribution >= 4 is 17.6 Å². The number of hydrogen-bond acceptors (Lipinski definition) is 8. The molecule has 2 aromatic carbocycles. The number of aliphatic imine (C=N–C) groups is 2. The Kier molecular flexibility index (Phi) is 6.56. The molecule has 186 valence electrons. The van der Waals surface area contributed by atoms with Crippen LogP contribution in [0.15, 0.2) is 46.4 Å². The van der Waals surface area contributed by atoms with E-state index in [9.17, 15) is 0 Å². The van der Waals surface area contributed by atoms with Crippen LogP contribution in [0.3, 0.4) is 0 Å². The maximum Gasteiger partial charge on any atom is 0.220 e. The molecule has 35 heavy (non-hydrogen) atoms. The van der Waals surface area contributed by atoms with Crippen LogP contribution in [0.5, 0.6) is 11.5 Å². The van der Waals surface area contributed by atoms with Crippen molar-refractivity contribution in [3.8, 4) is 11.5 Å². The lowest BCUT2D eigenvalue weighted by Gasteiger charge is -2.45. The van der Waals surface area contributed by atoms with Crippen LogP contribution in [0.25, 0.3) is 0 Å². The lowest BCUT2D eigenvalue weighted by atomic mass is 9.87. The van der Waals surface area contributed by atoms with Crippen LogP contribution >= 0.6 is 0 Å². The summed E-state index contributed by atoms with van der Waals surface area (Å²) in [5.74, 6) is 2.33. The lowest BCUT2D eigenvalue weighted by molar-refractivity contribution is 0.255. The van der Waals surface area contributed by atoms with Gasteiger partial charge in [-0.25, -0.2) is 4.99 Å². The highest BCUT2D eigenvalue weighted by atomic mass is 16.5. The Labute approximate surface area is 207 Å². The fourth-order valence-electron chi connectivity index (χ4n) is 5.73. The average Bonchev–Trinajstić information content (AvgIpc) is 2.87. The van der Waals surface area contributed by atoms with Crippen molar-refractivity contribution < 1.29 is 9.47 Å². The Hall–Kier alpha value is -3.26. The molecule has 5 rings (SSSR count).